The topological polar surface area (TPSA) is 6.48 Å². The molecule has 140 valence electrons. The molecule has 0 radical (unpaired) electrons. The maximum absolute atomic E-state index is 4.61. The molecular formula is C18H24Cl2N2Pt2. The SMILES string of the molecule is CN(C)Cc1c[c-]ccc1.CN(C)Cc1c[c-]ccc1.[Cl][Pt+].[Cl][Pt+]. The molecule has 0 amide bonds. The van der Waals surface area contributed by atoms with Crippen molar-refractivity contribution < 1.29 is 37.5 Å². The monoisotopic (exact) mass is 728 g/mol. The fourth-order valence-electron chi connectivity index (χ4n) is 1.79. The van der Waals surface area contributed by atoms with Gasteiger partial charge in [-0.3, -0.25) is 0 Å². The Morgan fingerprint density at radius 1 is 0.750 bits per heavy atom. The van der Waals surface area contributed by atoms with Crippen molar-refractivity contribution in [3.8, 4) is 0 Å². The van der Waals surface area contributed by atoms with Crippen LogP contribution in [0.15, 0.2) is 48.5 Å². The second-order valence-corrected chi connectivity index (χ2v) is 5.30. The van der Waals surface area contributed by atoms with Crippen molar-refractivity contribution in [2.45, 2.75) is 13.1 Å². The number of nitrogens with zero attached hydrogens (tertiary/aromatic N) is 2. The number of rotatable bonds is 4. The molecule has 24 heavy (non-hydrogen) atoms. The van der Waals surface area contributed by atoms with Gasteiger partial charge in [-0.1, -0.05) is 0 Å². The summed E-state index contributed by atoms with van der Waals surface area (Å²) in [5.41, 5.74) is 2.63. The Bertz CT molecular complexity index is 423. The fourth-order valence-corrected chi connectivity index (χ4v) is 1.79. The maximum atomic E-state index is 4.61. The first-order valence-electron chi connectivity index (χ1n) is 7.01. The molecule has 0 fully saturated rings. The van der Waals surface area contributed by atoms with Crippen LogP contribution in [-0.4, -0.2) is 38.0 Å². The molecule has 0 aliphatic carbocycles. The van der Waals surface area contributed by atoms with Crippen molar-refractivity contribution in [3.63, 3.8) is 0 Å². The van der Waals surface area contributed by atoms with Gasteiger partial charge >= 0.3 is 56.4 Å². The van der Waals surface area contributed by atoms with E-state index in [1.807, 2.05) is 36.4 Å². The van der Waals surface area contributed by atoms with E-state index in [9.17, 15) is 0 Å². The summed E-state index contributed by atoms with van der Waals surface area (Å²) in [5, 5.41) is 0. The molecule has 0 N–H and O–H groups in total. The third-order valence-electron chi connectivity index (χ3n) is 2.54. The van der Waals surface area contributed by atoms with E-state index in [2.05, 4.69) is 81.1 Å². The molecule has 0 heterocycles. The van der Waals surface area contributed by atoms with Crippen LogP contribution in [0.2, 0.25) is 0 Å². The second-order valence-electron chi connectivity index (χ2n) is 5.30. The molecule has 0 spiro atoms. The van der Waals surface area contributed by atoms with Gasteiger partial charge in [-0.05, 0) is 41.3 Å². The summed E-state index contributed by atoms with van der Waals surface area (Å²) in [5.74, 6) is 0. The molecule has 0 aromatic heterocycles. The van der Waals surface area contributed by atoms with Crippen LogP contribution >= 0.6 is 18.8 Å². The standard InChI is InChI=1S/2C9H12N.2ClH.2Pt/c2*1-10(2)8-9-6-4-3-5-7-9;;;;/h2*3-4,6-7H,8H2,1-2H3;2*1H;;/q2*-1;;;2*+2/p-2. The summed E-state index contributed by atoms with van der Waals surface area (Å²) in [6.07, 6.45) is 0. The van der Waals surface area contributed by atoms with Gasteiger partial charge in [0.05, 0.1) is 0 Å². The summed E-state index contributed by atoms with van der Waals surface area (Å²) in [4.78, 5) is 4.28. The molecule has 0 bridgehead atoms. The molecule has 0 unspecified atom stereocenters. The van der Waals surface area contributed by atoms with Gasteiger partial charge < -0.3 is 9.80 Å². The number of hydrogen-bond acceptors (Lipinski definition) is 2. The minimum atomic E-state index is 0.997. The van der Waals surface area contributed by atoms with Crippen LogP contribution < -0.4 is 0 Å². The van der Waals surface area contributed by atoms with Gasteiger partial charge in [-0.15, -0.1) is 11.1 Å². The zero-order valence-corrected chi connectivity index (χ0v) is 20.4. The molecule has 0 aliphatic heterocycles. The zero-order valence-electron chi connectivity index (χ0n) is 14.3. The number of hydrogen-bond donors (Lipinski definition) is 0. The van der Waals surface area contributed by atoms with Crippen LogP contribution in [0.3, 0.4) is 0 Å². The molecular weight excluding hydrogens is 705 g/mol. The van der Waals surface area contributed by atoms with Crippen molar-refractivity contribution in [1.82, 2.24) is 9.80 Å². The first kappa shape index (κ1) is 26.5. The predicted molar refractivity (Wildman–Crippen MR) is 97.0 cm³/mol. The van der Waals surface area contributed by atoms with Gasteiger partial charge in [0.15, 0.2) is 0 Å². The third-order valence-corrected chi connectivity index (χ3v) is 2.54. The normalized spacial score (nSPS) is 9.17. The van der Waals surface area contributed by atoms with Crippen LogP contribution in [0.5, 0.6) is 0 Å². The van der Waals surface area contributed by atoms with Crippen LogP contribution in [-0.2, 0) is 50.6 Å². The fraction of sp³-hybridized carbons (Fsp3) is 0.333. The Hall–Kier alpha value is 0.317. The Morgan fingerprint density at radius 3 is 1.29 bits per heavy atom. The molecule has 0 saturated carbocycles. The van der Waals surface area contributed by atoms with E-state index in [0.29, 0.717) is 0 Å². The molecule has 2 nitrogen and oxygen atoms in total. The van der Waals surface area contributed by atoms with Crippen molar-refractivity contribution in [2.75, 3.05) is 28.2 Å². The summed E-state index contributed by atoms with van der Waals surface area (Å²) in [6, 6.07) is 22.2. The average Bonchev–Trinajstić information content (AvgIpc) is 2.60. The Balaban J connectivity index is 0. The van der Waals surface area contributed by atoms with Crippen LogP contribution in [0.25, 0.3) is 0 Å². The average molecular weight is 729 g/mol. The van der Waals surface area contributed by atoms with Crippen molar-refractivity contribution in [3.05, 3.63) is 71.8 Å². The van der Waals surface area contributed by atoms with Gasteiger partial charge in [0, 0.05) is 0 Å². The van der Waals surface area contributed by atoms with Crippen molar-refractivity contribution in [1.29, 1.82) is 0 Å². The van der Waals surface area contributed by atoms with Gasteiger partial charge in [0.25, 0.3) is 0 Å². The van der Waals surface area contributed by atoms with E-state index in [1.54, 1.807) is 37.5 Å². The van der Waals surface area contributed by atoms with E-state index >= 15 is 0 Å². The molecule has 0 aliphatic rings. The molecule has 2 aromatic rings. The molecule has 0 atom stereocenters. The minimum absolute atomic E-state index is 0.997. The molecule has 0 saturated heterocycles. The molecule has 2 aromatic carbocycles. The van der Waals surface area contributed by atoms with E-state index in [0.717, 1.165) is 13.1 Å². The van der Waals surface area contributed by atoms with E-state index in [1.165, 1.54) is 11.1 Å². The summed E-state index contributed by atoms with van der Waals surface area (Å²) in [7, 11) is 17.5. The quantitative estimate of drug-likeness (QED) is 0.430. The number of benzene rings is 2. The summed E-state index contributed by atoms with van der Waals surface area (Å²) < 4.78 is 0. The Morgan fingerprint density at radius 2 is 1.08 bits per heavy atom. The van der Waals surface area contributed by atoms with Gasteiger partial charge in [-0.2, -0.15) is 60.7 Å². The predicted octanol–water partition coefficient (Wildman–Crippen LogP) is 4.47. The van der Waals surface area contributed by atoms with E-state index in [4.69, 9.17) is 0 Å². The third kappa shape index (κ3) is 17.1. The first-order valence-corrected chi connectivity index (χ1v) is 12.6. The Labute approximate surface area is 178 Å². The zero-order chi connectivity index (χ0) is 18.8. The van der Waals surface area contributed by atoms with Crippen LogP contribution in [0, 0.1) is 12.1 Å². The van der Waals surface area contributed by atoms with E-state index in [-0.39, 0.29) is 0 Å². The van der Waals surface area contributed by atoms with Gasteiger partial charge in [0.1, 0.15) is 0 Å². The summed E-state index contributed by atoms with van der Waals surface area (Å²) >= 11 is 3.22. The molecule has 6 heteroatoms. The van der Waals surface area contributed by atoms with Crippen LogP contribution in [0.4, 0.5) is 0 Å². The van der Waals surface area contributed by atoms with Crippen LogP contribution in [0.1, 0.15) is 11.1 Å². The second kappa shape index (κ2) is 19.6. The Kier molecular flexibility index (Phi) is 21.7. The van der Waals surface area contributed by atoms with Crippen molar-refractivity contribution >= 4 is 18.8 Å². The first-order chi connectivity index (χ1) is 11.6. The van der Waals surface area contributed by atoms with Gasteiger partial charge in [0.2, 0.25) is 0 Å². The summed E-state index contributed by atoms with van der Waals surface area (Å²) in [6.45, 7) is 1.99. The number of halogens is 2. The van der Waals surface area contributed by atoms with E-state index < -0.39 is 0 Å². The van der Waals surface area contributed by atoms with Crippen molar-refractivity contribution in [2.24, 2.45) is 0 Å². The molecule has 2 rings (SSSR count). The van der Waals surface area contributed by atoms with Gasteiger partial charge in [-0.25, -0.2) is 0 Å².